The maximum Gasteiger partial charge on any atom is 0.251 e. The molecule has 2 rings (SSSR count). The zero-order chi connectivity index (χ0) is 15.1. The first kappa shape index (κ1) is 15.5. The molecule has 1 aromatic carbocycles. The molecule has 0 aliphatic heterocycles. The zero-order valence-electron chi connectivity index (χ0n) is 12.0. The van der Waals surface area contributed by atoms with Gasteiger partial charge in [0.05, 0.1) is 6.54 Å². The van der Waals surface area contributed by atoms with E-state index in [-0.39, 0.29) is 18.4 Å². The number of halogens is 1. The van der Waals surface area contributed by atoms with Crippen LogP contribution < -0.4 is 10.6 Å². The highest BCUT2D eigenvalue weighted by Crippen LogP contribution is 2.22. The summed E-state index contributed by atoms with van der Waals surface area (Å²) in [4.78, 5) is 23.4. The third-order valence-electron chi connectivity index (χ3n) is 3.83. The average molecular weight is 292 g/mol. The Morgan fingerprint density at radius 2 is 1.71 bits per heavy atom. The third kappa shape index (κ3) is 5.17. The third-order valence-corrected chi connectivity index (χ3v) is 3.83. The van der Waals surface area contributed by atoms with E-state index in [1.165, 1.54) is 56.4 Å². The second kappa shape index (κ2) is 7.76. The molecule has 0 atom stereocenters. The molecule has 1 aliphatic carbocycles. The molecule has 0 aromatic heterocycles. The Balaban J connectivity index is 1.68. The van der Waals surface area contributed by atoms with Gasteiger partial charge in [-0.15, -0.1) is 0 Å². The summed E-state index contributed by atoms with van der Waals surface area (Å²) >= 11 is 0. The predicted molar refractivity (Wildman–Crippen MR) is 78.3 cm³/mol. The van der Waals surface area contributed by atoms with Gasteiger partial charge in [-0.25, -0.2) is 4.39 Å². The van der Waals surface area contributed by atoms with E-state index in [9.17, 15) is 14.0 Å². The van der Waals surface area contributed by atoms with Gasteiger partial charge in [-0.1, -0.05) is 19.3 Å². The summed E-state index contributed by atoms with van der Waals surface area (Å²) in [5.41, 5.74) is 0.344. The SMILES string of the molecule is O=C(CNC(=O)c1ccc(F)cc1)NCC1CCCCC1. The minimum absolute atomic E-state index is 0.0526. The summed E-state index contributed by atoms with van der Waals surface area (Å²) in [7, 11) is 0. The Labute approximate surface area is 124 Å². The minimum atomic E-state index is -0.392. The minimum Gasteiger partial charge on any atom is -0.354 e. The molecular formula is C16H21FN2O2. The molecule has 1 fully saturated rings. The molecular weight excluding hydrogens is 271 g/mol. The van der Waals surface area contributed by atoms with Gasteiger partial charge in [0.25, 0.3) is 5.91 Å². The van der Waals surface area contributed by atoms with E-state index < -0.39 is 5.82 Å². The van der Waals surface area contributed by atoms with Crippen LogP contribution in [0.4, 0.5) is 4.39 Å². The Hall–Kier alpha value is -1.91. The Morgan fingerprint density at radius 3 is 2.38 bits per heavy atom. The zero-order valence-corrected chi connectivity index (χ0v) is 12.0. The molecule has 0 spiro atoms. The molecule has 0 bridgehead atoms. The van der Waals surface area contributed by atoms with Crippen LogP contribution in [0.1, 0.15) is 42.5 Å². The van der Waals surface area contributed by atoms with Crippen molar-refractivity contribution in [3.63, 3.8) is 0 Å². The van der Waals surface area contributed by atoms with Gasteiger partial charge in [-0.3, -0.25) is 9.59 Å². The first-order chi connectivity index (χ1) is 10.1. The normalized spacial score (nSPS) is 15.5. The van der Waals surface area contributed by atoms with Gasteiger partial charge < -0.3 is 10.6 Å². The van der Waals surface area contributed by atoms with Gasteiger partial charge in [0.1, 0.15) is 5.82 Å². The van der Waals surface area contributed by atoms with Crippen molar-refractivity contribution in [1.29, 1.82) is 0 Å². The predicted octanol–water partition coefficient (Wildman–Crippen LogP) is 2.25. The lowest BCUT2D eigenvalue weighted by Gasteiger charge is -2.21. The molecule has 0 saturated heterocycles. The molecule has 0 radical (unpaired) electrons. The number of carbonyl (C=O) groups is 2. The number of amides is 2. The van der Waals surface area contributed by atoms with Gasteiger partial charge in [0.15, 0.2) is 0 Å². The van der Waals surface area contributed by atoms with Crippen LogP contribution in [-0.2, 0) is 4.79 Å². The van der Waals surface area contributed by atoms with Crippen molar-refractivity contribution < 1.29 is 14.0 Å². The molecule has 5 heteroatoms. The van der Waals surface area contributed by atoms with Crippen molar-refractivity contribution in [3.05, 3.63) is 35.6 Å². The first-order valence-electron chi connectivity index (χ1n) is 7.45. The van der Waals surface area contributed by atoms with Gasteiger partial charge in [-0.2, -0.15) is 0 Å². The average Bonchev–Trinajstić information content (AvgIpc) is 2.52. The summed E-state index contributed by atoms with van der Waals surface area (Å²) in [6, 6.07) is 5.23. The van der Waals surface area contributed by atoms with E-state index in [1.54, 1.807) is 0 Å². The number of benzene rings is 1. The summed E-state index contributed by atoms with van der Waals surface area (Å²) in [6.07, 6.45) is 6.10. The lowest BCUT2D eigenvalue weighted by Crippen LogP contribution is -2.39. The highest BCUT2D eigenvalue weighted by atomic mass is 19.1. The lowest BCUT2D eigenvalue weighted by atomic mass is 9.89. The fraction of sp³-hybridized carbons (Fsp3) is 0.500. The van der Waals surface area contributed by atoms with E-state index in [2.05, 4.69) is 10.6 Å². The highest BCUT2D eigenvalue weighted by Gasteiger charge is 2.14. The van der Waals surface area contributed by atoms with Crippen LogP contribution >= 0.6 is 0 Å². The van der Waals surface area contributed by atoms with Crippen molar-refractivity contribution in [2.75, 3.05) is 13.1 Å². The molecule has 0 heterocycles. The number of carbonyl (C=O) groups excluding carboxylic acids is 2. The lowest BCUT2D eigenvalue weighted by molar-refractivity contribution is -0.120. The molecule has 4 nitrogen and oxygen atoms in total. The fourth-order valence-electron chi connectivity index (χ4n) is 2.58. The number of nitrogens with one attached hydrogen (secondary N) is 2. The topological polar surface area (TPSA) is 58.2 Å². The van der Waals surface area contributed by atoms with Crippen molar-refractivity contribution in [2.24, 2.45) is 5.92 Å². The van der Waals surface area contributed by atoms with Crippen LogP contribution in [0.2, 0.25) is 0 Å². The summed E-state index contributed by atoms with van der Waals surface area (Å²) in [6.45, 7) is 0.633. The van der Waals surface area contributed by atoms with Gasteiger partial charge in [-0.05, 0) is 43.0 Å². The van der Waals surface area contributed by atoms with E-state index in [0.717, 1.165) is 0 Å². The maximum absolute atomic E-state index is 12.7. The molecule has 2 N–H and O–H groups in total. The van der Waals surface area contributed by atoms with Crippen LogP contribution in [0.3, 0.4) is 0 Å². The van der Waals surface area contributed by atoms with E-state index in [4.69, 9.17) is 0 Å². The quantitative estimate of drug-likeness (QED) is 0.874. The van der Waals surface area contributed by atoms with Crippen LogP contribution in [0.5, 0.6) is 0 Å². The smallest absolute Gasteiger partial charge is 0.251 e. The van der Waals surface area contributed by atoms with Gasteiger partial charge in [0, 0.05) is 12.1 Å². The van der Waals surface area contributed by atoms with Crippen molar-refractivity contribution in [3.8, 4) is 0 Å². The summed E-state index contributed by atoms with van der Waals surface area (Å²) in [5.74, 6) is -0.383. The highest BCUT2D eigenvalue weighted by molar-refractivity contribution is 5.96. The molecule has 1 aromatic rings. The monoisotopic (exact) mass is 292 g/mol. The molecule has 1 aliphatic rings. The first-order valence-corrected chi connectivity index (χ1v) is 7.45. The van der Waals surface area contributed by atoms with E-state index in [1.807, 2.05) is 0 Å². The molecule has 0 unspecified atom stereocenters. The summed E-state index contributed by atoms with van der Waals surface area (Å²) in [5, 5.41) is 5.39. The number of rotatable bonds is 5. The van der Waals surface area contributed by atoms with Gasteiger partial charge in [0.2, 0.25) is 5.91 Å². The largest absolute Gasteiger partial charge is 0.354 e. The number of hydrogen-bond donors (Lipinski definition) is 2. The second-order valence-electron chi connectivity index (χ2n) is 5.50. The Kier molecular flexibility index (Phi) is 5.72. The van der Waals surface area contributed by atoms with Crippen molar-refractivity contribution in [2.45, 2.75) is 32.1 Å². The van der Waals surface area contributed by atoms with E-state index in [0.29, 0.717) is 18.0 Å². The molecule has 21 heavy (non-hydrogen) atoms. The fourth-order valence-corrected chi connectivity index (χ4v) is 2.58. The van der Waals surface area contributed by atoms with E-state index >= 15 is 0 Å². The standard InChI is InChI=1S/C16H21FN2O2/c17-14-8-6-13(7-9-14)16(21)19-11-15(20)18-10-12-4-2-1-3-5-12/h6-9,12H,1-5,10-11H2,(H,18,20)(H,19,21). The van der Waals surface area contributed by atoms with Crippen LogP contribution in [0, 0.1) is 11.7 Å². The molecule has 1 saturated carbocycles. The van der Waals surface area contributed by atoms with Crippen molar-refractivity contribution >= 4 is 11.8 Å². The van der Waals surface area contributed by atoms with Crippen molar-refractivity contribution in [1.82, 2.24) is 10.6 Å². The maximum atomic E-state index is 12.7. The van der Waals surface area contributed by atoms with Gasteiger partial charge >= 0.3 is 0 Å². The summed E-state index contributed by atoms with van der Waals surface area (Å²) < 4.78 is 12.7. The van der Waals surface area contributed by atoms with Crippen LogP contribution in [0.15, 0.2) is 24.3 Å². The van der Waals surface area contributed by atoms with Crippen LogP contribution in [0.25, 0.3) is 0 Å². The molecule has 114 valence electrons. The molecule has 2 amide bonds. The number of hydrogen-bond acceptors (Lipinski definition) is 2. The Bertz CT molecular complexity index is 482. The van der Waals surface area contributed by atoms with Crippen LogP contribution in [-0.4, -0.2) is 24.9 Å². The Morgan fingerprint density at radius 1 is 1.05 bits per heavy atom. The second-order valence-corrected chi connectivity index (χ2v) is 5.50.